The zero-order valence-electron chi connectivity index (χ0n) is 16.1. The van der Waals surface area contributed by atoms with Crippen molar-refractivity contribution in [2.45, 2.75) is 19.8 Å². The van der Waals surface area contributed by atoms with Crippen LogP contribution in [-0.2, 0) is 12.8 Å². The number of rotatable bonds is 8. The summed E-state index contributed by atoms with van der Waals surface area (Å²) in [6, 6.07) is 16.6. The first-order chi connectivity index (χ1) is 14.0. The van der Waals surface area contributed by atoms with Crippen LogP contribution in [0, 0.1) is 0 Å². The largest absolute Gasteiger partial charge is 0.493 e. The van der Waals surface area contributed by atoms with Crippen LogP contribution in [0.5, 0.6) is 5.75 Å². The number of hydrogen-bond acceptors (Lipinski definition) is 3. The average Bonchev–Trinajstić information content (AvgIpc) is 2.75. The summed E-state index contributed by atoms with van der Waals surface area (Å²) in [5.41, 5.74) is 3.65. The van der Waals surface area contributed by atoms with Crippen LogP contribution in [-0.4, -0.2) is 17.4 Å². The molecule has 148 valence electrons. The molecule has 0 fully saturated rings. The molecule has 5 heteroatoms. The SMILES string of the molecule is CCc1ccc(CCOc2ccc(/C=C/C(=O)c3ccc(Cl)c(Cl)c3)cc2)nc1. The molecule has 1 aromatic heterocycles. The molecule has 0 unspecified atom stereocenters. The quantitative estimate of drug-likeness (QED) is 0.306. The van der Waals surface area contributed by atoms with Gasteiger partial charge in [-0.05, 0) is 60.0 Å². The van der Waals surface area contributed by atoms with E-state index in [1.54, 1.807) is 24.3 Å². The molecular weight excluding hydrogens is 405 g/mol. The molecule has 0 spiro atoms. The lowest BCUT2D eigenvalue weighted by Gasteiger charge is -2.06. The van der Waals surface area contributed by atoms with Crippen molar-refractivity contribution < 1.29 is 9.53 Å². The minimum absolute atomic E-state index is 0.134. The van der Waals surface area contributed by atoms with Gasteiger partial charge in [-0.2, -0.15) is 0 Å². The first-order valence-corrected chi connectivity index (χ1v) is 10.1. The van der Waals surface area contributed by atoms with E-state index in [1.807, 2.05) is 36.5 Å². The first-order valence-electron chi connectivity index (χ1n) is 9.39. The maximum atomic E-state index is 12.2. The monoisotopic (exact) mass is 425 g/mol. The first kappa shape index (κ1) is 21.1. The summed E-state index contributed by atoms with van der Waals surface area (Å²) in [6.07, 6.45) is 6.93. The maximum Gasteiger partial charge on any atom is 0.185 e. The highest BCUT2D eigenvalue weighted by Crippen LogP contribution is 2.23. The van der Waals surface area contributed by atoms with E-state index in [0.29, 0.717) is 22.2 Å². The van der Waals surface area contributed by atoms with Crippen molar-refractivity contribution in [1.82, 2.24) is 4.98 Å². The summed E-state index contributed by atoms with van der Waals surface area (Å²) in [4.78, 5) is 16.7. The third kappa shape index (κ3) is 6.18. The fraction of sp³-hybridized carbons (Fsp3) is 0.167. The molecule has 3 aromatic rings. The van der Waals surface area contributed by atoms with Crippen molar-refractivity contribution in [3.8, 4) is 5.75 Å². The Bertz CT molecular complexity index is 996. The Morgan fingerprint density at radius 1 is 1.03 bits per heavy atom. The van der Waals surface area contributed by atoms with Gasteiger partial charge in [0.1, 0.15) is 5.75 Å². The van der Waals surface area contributed by atoms with Crippen LogP contribution in [0.1, 0.15) is 34.1 Å². The minimum Gasteiger partial charge on any atom is -0.493 e. The number of allylic oxidation sites excluding steroid dienone is 1. The normalized spacial score (nSPS) is 11.0. The van der Waals surface area contributed by atoms with E-state index in [4.69, 9.17) is 27.9 Å². The van der Waals surface area contributed by atoms with E-state index in [-0.39, 0.29) is 5.78 Å². The van der Waals surface area contributed by atoms with Crippen molar-refractivity contribution in [2.24, 2.45) is 0 Å². The third-order valence-corrected chi connectivity index (χ3v) is 5.17. The minimum atomic E-state index is -0.134. The summed E-state index contributed by atoms with van der Waals surface area (Å²) in [5.74, 6) is 0.647. The fourth-order valence-electron chi connectivity index (χ4n) is 2.68. The van der Waals surface area contributed by atoms with Crippen molar-refractivity contribution in [2.75, 3.05) is 6.61 Å². The predicted molar refractivity (Wildman–Crippen MR) is 119 cm³/mol. The number of benzene rings is 2. The second-order valence-corrected chi connectivity index (χ2v) is 7.32. The van der Waals surface area contributed by atoms with Gasteiger partial charge in [0.2, 0.25) is 0 Å². The summed E-state index contributed by atoms with van der Waals surface area (Å²) in [7, 11) is 0. The highest BCUT2D eigenvalue weighted by atomic mass is 35.5. The number of aromatic nitrogens is 1. The van der Waals surface area contributed by atoms with Crippen molar-refractivity contribution in [1.29, 1.82) is 0 Å². The van der Waals surface area contributed by atoms with Gasteiger partial charge in [0.05, 0.1) is 16.7 Å². The Morgan fingerprint density at radius 3 is 2.48 bits per heavy atom. The zero-order valence-corrected chi connectivity index (χ0v) is 17.6. The Balaban J connectivity index is 1.51. The van der Waals surface area contributed by atoms with Crippen molar-refractivity contribution in [3.05, 3.63) is 99.3 Å². The number of carbonyl (C=O) groups excluding carboxylic acids is 1. The Labute approximate surface area is 181 Å². The van der Waals surface area contributed by atoms with Gasteiger partial charge in [-0.3, -0.25) is 9.78 Å². The Morgan fingerprint density at radius 2 is 1.83 bits per heavy atom. The van der Waals surface area contributed by atoms with Crippen LogP contribution >= 0.6 is 23.2 Å². The van der Waals surface area contributed by atoms with Crippen molar-refractivity contribution >= 4 is 35.1 Å². The fourth-order valence-corrected chi connectivity index (χ4v) is 2.98. The maximum absolute atomic E-state index is 12.2. The van der Waals surface area contributed by atoms with E-state index < -0.39 is 0 Å². The Kier molecular flexibility index (Phi) is 7.45. The van der Waals surface area contributed by atoms with Gasteiger partial charge in [-0.1, -0.05) is 54.4 Å². The molecule has 29 heavy (non-hydrogen) atoms. The molecule has 0 radical (unpaired) electrons. The topological polar surface area (TPSA) is 39.2 Å². The smallest absolute Gasteiger partial charge is 0.185 e. The second-order valence-electron chi connectivity index (χ2n) is 6.51. The summed E-state index contributed by atoms with van der Waals surface area (Å²) in [5, 5.41) is 0.792. The van der Waals surface area contributed by atoms with E-state index >= 15 is 0 Å². The molecule has 0 saturated carbocycles. The van der Waals surface area contributed by atoms with E-state index in [9.17, 15) is 4.79 Å². The summed E-state index contributed by atoms with van der Waals surface area (Å²) in [6.45, 7) is 2.67. The van der Waals surface area contributed by atoms with Gasteiger partial charge in [0, 0.05) is 23.9 Å². The van der Waals surface area contributed by atoms with Gasteiger partial charge in [0.15, 0.2) is 5.78 Å². The zero-order chi connectivity index (χ0) is 20.6. The molecule has 2 aromatic carbocycles. The molecule has 0 aliphatic carbocycles. The molecular formula is C24H21Cl2NO2. The van der Waals surface area contributed by atoms with Crippen molar-refractivity contribution in [3.63, 3.8) is 0 Å². The highest BCUT2D eigenvalue weighted by molar-refractivity contribution is 6.42. The molecule has 0 N–H and O–H groups in total. The molecule has 3 rings (SSSR count). The summed E-state index contributed by atoms with van der Waals surface area (Å²) >= 11 is 11.8. The highest BCUT2D eigenvalue weighted by Gasteiger charge is 2.05. The van der Waals surface area contributed by atoms with Gasteiger partial charge < -0.3 is 4.74 Å². The number of halogens is 2. The van der Waals surface area contributed by atoms with Gasteiger partial charge >= 0.3 is 0 Å². The molecule has 0 amide bonds. The number of carbonyl (C=O) groups is 1. The lowest BCUT2D eigenvalue weighted by Crippen LogP contribution is -2.03. The van der Waals surface area contributed by atoms with Crippen LogP contribution in [0.4, 0.5) is 0 Å². The van der Waals surface area contributed by atoms with E-state index in [0.717, 1.165) is 29.8 Å². The lowest BCUT2D eigenvalue weighted by atomic mass is 10.1. The van der Waals surface area contributed by atoms with Crippen LogP contribution < -0.4 is 4.74 Å². The van der Waals surface area contributed by atoms with Gasteiger partial charge in [-0.15, -0.1) is 0 Å². The lowest BCUT2D eigenvalue weighted by molar-refractivity contribution is 0.104. The standard InChI is InChI=1S/C24H21Cl2NO2/c1-2-17-3-8-20(27-16-17)13-14-29-21-9-4-18(5-10-21)6-12-24(28)19-7-11-22(25)23(26)15-19/h3-12,15-16H,2,13-14H2,1H3/b12-6+. The molecule has 3 nitrogen and oxygen atoms in total. The average molecular weight is 426 g/mol. The molecule has 0 aliphatic heterocycles. The number of pyridine rings is 1. The number of ketones is 1. The second kappa shape index (κ2) is 10.2. The van der Waals surface area contributed by atoms with Crippen LogP contribution in [0.2, 0.25) is 10.0 Å². The predicted octanol–water partition coefficient (Wildman–Crippen LogP) is 6.47. The number of aryl methyl sites for hydroxylation is 1. The van der Waals surface area contributed by atoms with Gasteiger partial charge in [0.25, 0.3) is 0 Å². The van der Waals surface area contributed by atoms with E-state index in [2.05, 4.69) is 18.0 Å². The van der Waals surface area contributed by atoms with Crippen LogP contribution in [0.3, 0.4) is 0 Å². The van der Waals surface area contributed by atoms with E-state index in [1.165, 1.54) is 11.6 Å². The molecule has 0 aliphatic rings. The molecule has 0 bridgehead atoms. The summed E-state index contributed by atoms with van der Waals surface area (Å²) < 4.78 is 5.78. The van der Waals surface area contributed by atoms with Crippen LogP contribution in [0.15, 0.2) is 66.9 Å². The molecule has 0 saturated heterocycles. The van der Waals surface area contributed by atoms with Crippen LogP contribution in [0.25, 0.3) is 6.08 Å². The number of hydrogen-bond donors (Lipinski definition) is 0. The third-order valence-electron chi connectivity index (χ3n) is 4.43. The van der Waals surface area contributed by atoms with Gasteiger partial charge in [-0.25, -0.2) is 0 Å². The number of ether oxygens (including phenoxy) is 1. The Hall–Kier alpha value is -2.62. The molecule has 0 atom stereocenters. The number of nitrogens with zero attached hydrogens (tertiary/aromatic N) is 1. The molecule has 1 heterocycles.